The number of aromatic nitrogens is 1. The first-order valence-corrected chi connectivity index (χ1v) is 8.50. The maximum atomic E-state index is 10.0. The third kappa shape index (κ3) is 5.08. The van der Waals surface area contributed by atoms with Crippen molar-refractivity contribution in [2.75, 3.05) is 6.54 Å². The van der Waals surface area contributed by atoms with E-state index in [-0.39, 0.29) is 6.10 Å². The number of hydrogen-bond acceptors (Lipinski definition) is 3. The van der Waals surface area contributed by atoms with Crippen molar-refractivity contribution in [2.45, 2.75) is 64.5 Å². The average Bonchev–Trinajstić information content (AvgIpc) is 2.49. The number of rotatable bonds is 7. The van der Waals surface area contributed by atoms with Crippen LogP contribution in [-0.2, 0) is 0 Å². The van der Waals surface area contributed by atoms with Gasteiger partial charge in [0.15, 0.2) is 0 Å². The molecule has 0 amide bonds. The zero-order valence-electron chi connectivity index (χ0n) is 13.5. The Morgan fingerprint density at radius 2 is 2.14 bits per heavy atom. The Kier molecular flexibility index (Phi) is 6.65. The summed E-state index contributed by atoms with van der Waals surface area (Å²) in [6.07, 6.45) is 10.7. The number of hydrogen-bond donors (Lipinski definition) is 2. The van der Waals surface area contributed by atoms with Crippen LogP contribution >= 0.6 is 0 Å². The zero-order chi connectivity index (χ0) is 15.1. The SMILES string of the molecule is CC(C)C(NCCCC1CCCCC1O)c1cccnc1. The predicted octanol–water partition coefficient (Wildman–Crippen LogP) is 3.70. The third-order valence-electron chi connectivity index (χ3n) is 4.70. The maximum Gasteiger partial charge on any atom is 0.0568 e. The summed E-state index contributed by atoms with van der Waals surface area (Å²) in [5.41, 5.74) is 1.27. The van der Waals surface area contributed by atoms with E-state index < -0.39 is 0 Å². The van der Waals surface area contributed by atoms with E-state index in [2.05, 4.69) is 30.2 Å². The van der Waals surface area contributed by atoms with Crippen molar-refractivity contribution in [3.63, 3.8) is 0 Å². The van der Waals surface area contributed by atoms with Crippen molar-refractivity contribution in [3.05, 3.63) is 30.1 Å². The monoisotopic (exact) mass is 290 g/mol. The highest BCUT2D eigenvalue weighted by Gasteiger charge is 2.22. The molecule has 2 rings (SSSR count). The number of pyridine rings is 1. The highest BCUT2D eigenvalue weighted by atomic mass is 16.3. The Labute approximate surface area is 129 Å². The lowest BCUT2D eigenvalue weighted by molar-refractivity contribution is 0.0641. The van der Waals surface area contributed by atoms with Gasteiger partial charge < -0.3 is 10.4 Å². The van der Waals surface area contributed by atoms with E-state index in [9.17, 15) is 5.11 Å². The Bertz CT molecular complexity index is 393. The van der Waals surface area contributed by atoms with Crippen molar-refractivity contribution >= 4 is 0 Å². The van der Waals surface area contributed by atoms with E-state index in [0.29, 0.717) is 17.9 Å². The van der Waals surface area contributed by atoms with Crippen LogP contribution in [0.1, 0.15) is 64.0 Å². The van der Waals surface area contributed by atoms with Crippen molar-refractivity contribution < 1.29 is 5.11 Å². The normalized spacial score (nSPS) is 24.2. The van der Waals surface area contributed by atoms with E-state index in [4.69, 9.17) is 0 Å². The molecule has 1 aliphatic carbocycles. The molecule has 21 heavy (non-hydrogen) atoms. The summed E-state index contributed by atoms with van der Waals surface area (Å²) in [5.74, 6) is 1.07. The van der Waals surface area contributed by atoms with Gasteiger partial charge in [0.1, 0.15) is 0 Å². The lowest BCUT2D eigenvalue weighted by Gasteiger charge is -2.28. The van der Waals surface area contributed by atoms with E-state index in [0.717, 1.165) is 25.8 Å². The van der Waals surface area contributed by atoms with Crippen molar-refractivity contribution in [2.24, 2.45) is 11.8 Å². The Hall–Kier alpha value is -0.930. The molecule has 1 aromatic rings. The van der Waals surface area contributed by atoms with Gasteiger partial charge in [0, 0.05) is 18.4 Å². The fraction of sp³-hybridized carbons (Fsp3) is 0.722. The minimum atomic E-state index is -0.0574. The molecule has 1 fully saturated rings. The molecule has 2 N–H and O–H groups in total. The van der Waals surface area contributed by atoms with Crippen LogP contribution < -0.4 is 5.32 Å². The van der Waals surface area contributed by atoms with E-state index in [1.165, 1.54) is 24.8 Å². The number of nitrogens with one attached hydrogen (secondary N) is 1. The van der Waals surface area contributed by atoms with Gasteiger partial charge in [-0.05, 0) is 55.7 Å². The van der Waals surface area contributed by atoms with Gasteiger partial charge in [0.25, 0.3) is 0 Å². The maximum absolute atomic E-state index is 10.0. The van der Waals surface area contributed by atoms with Gasteiger partial charge in [-0.15, -0.1) is 0 Å². The molecule has 3 unspecified atom stereocenters. The summed E-state index contributed by atoms with van der Waals surface area (Å²) in [4.78, 5) is 4.23. The fourth-order valence-corrected chi connectivity index (χ4v) is 3.45. The van der Waals surface area contributed by atoms with E-state index >= 15 is 0 Å². The Morgan fingerprint density at radius 3 is 2.81 bits per heavy atom. The zero-order valence-corrected chi connectivity index (χ0v) is 13.5. The highest BCUT2D eigenvalue weighted by Crippen LogP contribution is 2.28. The molecule has 1 aliphatic rings. The third-order valence-corrected chi connectivity index (χ3v) is 4.70. The van der Waals surface area contributed by atoms with Gasteiger partial charge in [0.05, 0.1) is 6.10 Å². The molecule has 0 saturated heterocycles. The quantitative estimate of drug-likeness (QED) is 0.753. The molecule has 0 bridgehead atoms. The number of aliphatic hydroxyl groups is 1. The van der Waals surface area contributed by atoms with Crippen LogP contribution in [0.5, 0.6) is 0 Å². The summed E-state index contributed by atoms with van der Waals surface area (Å²) in [6, 6.07) is 4.52. The van der Waals surface area contributed by atoms with Crippen LogP contribution in [0.15, 0.2) is 24.5 Å². The summed E-state index contributed by atoms with van der Waals surface area (Å²) in [5, 5.41) is 13.7. The predicted molar refractivity (Wildman–Crippen MR) is 87.0 cm³/mol. The van der Waals surface area contributed by atoms with Crippen LogP contribution in [0.4, 0.5) is 0 Å². The van der Waals surface area contributed by atoms with E-state index in [1.54, 1.807) is 0 Å². The van der Waals surface area contributed by atoms with Crippen LogP contribution in [0.25, 0.3) is 0 Å². The average molecular weight is 290 g/mol. The van der Waals surface area contributed by atoms with Gasteiger partial charge in [-0.2, -0.15) is 0 Å². The molecule has 1 aromatic heterocycles. The molecular formula is C18H30N2O. The molecule has 3 atom stereocenters. The molecule has 0 aromatic carbocycles. The smallest absolute Gasteiger partial charge is 0.0568 e. The first-order valence-electron chi connectivity index (χ1n) is 8.50. The summed E-state index contributed by atoms with van der Waals surface area (Å²) >= 11 is 0. The van der Waals surface area contributed by atoms with Crippen LogP contribution in [-0.4, -0.2) is 22.7 Å². The lowest BCUT2D eigenvalue weighted by Crippen LogP contribution is -2.29. The Morgan fingerprint density at radius 1 is 1.33 bits per heavy atom. The molecule has 1 heterocycles. The molecule has 1 saturated carbocycles. The largest absolute Gasteiger partial charge is 0.393 e. The first-order chi connectivity index (χ1) is 10.2. The van der Waals surface area contributed by atoms with E-state index in [1.807, 2.05) is 18.5 Å². The summed E-state index contributed by atoms with van der Waals surface area (Å²) in [6.45, 7) is 5.51. The minimum absolute atomic E-state index is 0.0574. The second kappa shape index (κ2) is 8.50. The van der Waals surface area contributed by atoms with Gasteiger partial charge in [0.2, 0.25) is 0 Å². The molecule has 0 aliphatic heterocycles. The van der Waals surface area contributed by atoms with Crippen LogP contribution in [0, 0.1) is 11.8 Å². The molecule has 0 radical (unpaired) electrons. The summed E-state index contributed by atoms with van der Waals surface area (Å²) in [7, 11) is 0. The lowest BCUT2D eigenvalue weighted by atomic mass is 9.83. The summed E-state index contributed by atoms with van der Waals surface area (Å²) < 4.78 is 0. The number of aliphatic hydroxyl groups excluding tert-OH is 1. The van der Waals surface area contributed by atoms with Crippen molar-refractivity contribution in [1.29, 1.82) is 0 Å². The topological polar surface area (TPSA) is 45.1 Å². The second-order valence-electron chi connectivity index (χ2n) is 6.72. The fourth-order valence-electron chi connectivity index (χ4n) is 3.45. The molecule has 3 nitrogen and oxygen atoms in total. The van der Waals surface area contributed by atoms with Gasteiger partial charge >= 0.3 is 0 Å². The minimum Gasteiger partial charge on any atom is -0.393 e. The molecule has 0 spiro atoms. The van der Waals surface area contributed by atoms with Crippen LogP contribution in [0.3, 0.4) is 0 Å². The van der Waals surface area contributed by atoms with Gasteiger partial charge in [-0.1, -0.05) is 32.8 Å². The standard InChI is InChI=1S/C18H30N2O/c1-14(2)18(16-9-5-11-19-13-16)20-12-6-8-15-7-3-4-10-17(15)21/h5,9,11,13-15,17-18,20-21H,3-4,6-8,10,12H2,1-2H3. The van der Waals surface area contributed by atoms with Crippen LogP contribution in [0.2, 0.25) is 0 Å². The van der Waals surface area contributed by atoms with Gasteiger partial charge in [-0.3, -0.25) is 4.98 Å². The first kappa shape index (κ1) is 16.4. The number of nitrogens with zero attached hydrogens (tertiary/aromatic N) is 1. The van der Waals surface area contributed by atoms with Crippen molar-refractivity contribution in [1.82, 2.24) is 10.3 Å². The molecule has 118 valence electrons. The second-order valence-corrected chi connectivity index (χ2v) is 6.72. The van der Waals surface area contributed by atoms with Gasteiger partial charge in [-0.25, -0.2) is 0 Å². The Balaban J connectivity index is 1.75. The molecule has 3 heteroatoms. The van der Waals surface area contributed by atoms with Crippen molar-refractivity contribution in [3.8, 4) is 0 Å². The molecular weight excluding hydrogens is 260 g/mol. The highest BCUT2D eigenvalue weighted by molar-refractivity contribution is 5.14.